The summed E-state index contributed by atoms with van der Waals surface area (Å²) in [6.45, 7) is 7.00. The van der Waals surface area contributed by atoms with Gasteiger partial charge in [-0.15, -0.1) is 0 Å². The van der Waals surface area contributed by atoms with Crippen molar-refractivity contribution in [3.63, 3.8) is 0 Å². The Kier molecular flexibility index (Phi) is 6.20. The molecule has 1 heterocycles. The summed E-state index contributed by atoms with van der Waals surface area (Å²) in [5, 5.41) is 2.85. The van der Waals surface area contributed by atoms with Crippen molar-refractivity contribution in [1.82, 2.24) is 10.2 Å². The molecule has 4 nitrogen and oxygen atoms in total. The molecule has 0 bridgehead atoms. The SMILES string of the molecule is Cc1cccc(C(=O)NC(N2CC(C)OC(C)C2)C(Cl)(Cl)Cl)c1. The fourth-order valence-electron chi connectivity index (χ4n) is 2.80. The number of halogens is 3. The van der Waals surface area contributed by atoms with Gasteiger partial charge in [0, 0.05) is 18.7 Å². The number of hydrogen-bond acceptors (Lipinski definition) is 3. The van der Waals surface area contributed by atoms with Crippen LogP contribution in [-0.4, -0.2) is 46.1 Å². The third-order valence-electron chi connectivity index (χ3n) is 3.67. The number of aryl methyl sites for hydroxylation is 1. The molecular formula is C16H21Cl3N2O2. The number of hydrogen-bond donors (Lipinski definition) is 1. The summed E-state index contributed by atoms with van der Waals surface area (Å²) < 4.78 is 4.06. The van der Waals surface area contributed by atoms with Crippen molar-refractivity contribution in [2.24, 2.45) is 0 Å². The fraction of sp³-hybridized carbons (Fsp3) is 0.562. The largest absolute Gasteiger partial charge is 0.373 e. The summed E-state index contributed by atoms with van der Waals surface area (Å²) >= 11 is 18.4. The fourth-order valence-corrected chi connectivity index (χ4v) is 3.38. The van der Waals surface area contributed by atoms with E-state index in [1.807, 2.05) is 37.8 Å². The first kappa shape index (κ1) is 18.8. The number of amides is 1. The number of nitrogens with one attached hydrogen (secondary N) is 1. The second kappa shape index (κ2) is 7.58. The van der Waals surface area contributed by atoms with E-state index in [1.54, 1.807) is 12.1 Å². The molecule has 0 radical (unpaired) electrons. The van der Waals surface area contributed by atoms with Crippen LogP contribution >= 0.6 is 34.8 Å². The van der Waals surface area contributed by atoms with E-state index < -0.39 is 9.96 Å². The summed E-state index contributed by atoms with van der Waals surface area (Å²) in [7, 11) is 0. The molecule has 0 spiro atoms. The van der Waals surface area contributed by atoms with E-state index >= 15 is 0 Å². The summed E-state index contributed by atoms with van der Waals surface area (Å²) in [5.41, 5.74) is 1.54. The van der Waals surface area contributed by atoms with Crippen LogP contribution in [0.2, 0.25) is 0 Å². The second-order valence-electron chi connectivity index (χ2n) is 6.00. The van der Waals surface area contributed by atoms with E-state index in [2.05, 4.69) is 5.32 Å². The van der Waals surface area contributed by atoms with Gasteiger partial charge in [-0.1, -0.05) is 52.5 Å². The highest BCUT2D eigenvalue weighted by Gasteiger charge is 2.41. The Bertz CT molecular complexity index is 553. The molecule has 0 aliphatic carbocycles. The van der Waals surface area contributed by atoms with Crippen molar-refractivity contribution in [2.75, 3.05) is 13.1 Å². The van der Waals surface area contributed by atoms with Gasteiger partial charge in [0.2, 0.25) is 3.79 Å². The molecule has 1 amide bonds. The summed E-state index contributed by atoms with van der Waals surface area (Å²) in [4.78, 5) is 14.5. The highest BCUT2D eigenvalue weighted by Crippen LogP contribution is 2.33. The van der Waals surface area contributed by atoms with E-state index in [0.717, 1.165) is 5.56 Å². The Hall–Kier alpha value is -0.520. The standard InChI is InChI=1S/C16H21Cl3N2O2/c1-10-5-4-6-13(7-10)14(22)20-15(16(17,18)19)21-8-11(2)23-12(3)9-21/h4-7,11-12,15H,8-9H2,1-3H3,(H,20,22). The van der Waals surface area contributed by atoms with Crippen LogP contribution < -0.4 is 5.32 Å². The van der Waals surface area contributed by atoms with E-state index in [9.17, 15) is 4.79 Å². The maximum Gasteiger partial charge on any atom is 0.252 e. The minimum Gasteiger partial charge on any atom is -0.373 e. The average molecular weight is 380 g/mol. The molecule has 7 heteroatoms. The van der Waals surface area contributed by atoms with Crippen molar-refractivity contribution < 1.29 is 9.53 Å². The number of carbonyl (C=O) groups is 1. The lowest BCUT2D eigenvalue weighted by molar-refractivity contribution is -0.0826. The minimum atomic E-state index is -1.64. The van der Waals surface area contributed by atoms with E-state index in [0.29, 0.717) is 18.7 Å². The molecule has 1 aliphatic heterocycles. The van der Waals surface area contributed by atoms with Crippen molar-refractivity contribution in [1.29, 1.82) is 0 Å². The number of rotatable bonds is 3. The molecule has 3 atom stereocenters. The summed E-state index contributed by atoms with van der Waals surface area (Å²) in [6.07, 6.45) is -0.719. The normalized spacial score (nSPS) is 24.3. The minimum absolute atomic E-state index is 0.00414. The summed E-state index contributed by atoms with van der Waals surface area (Å²) in [6, 6.07) is 7.29. The molecule has 1 N–H and O–H groups in total. The zero-order valence-corrected chi connectivity index (χ0v) is 15.6. The van der Waals surface area contributed by atoms with Gasteiger partial charge in [-0.25, -0.2) is 0 Å². The van der Waals surface area contributed by atoms with Gasteiger partial charge >= 0.3 is 0 Å². The van der Waals surface area contributed by atoms with Gasteiger partial charge < -0.3 is 10.1 Å². The van der Waals surface area contributed by atoms with Crippen LogP contribution in [0.3, 0.4) is 0 Å². The van der Waals surface area contributed by atoms with Crippen LogP contribution in [0.5, 0.6) is 0 Å². The predicted octanol–water partition coefficient (Wildman–Crippen LogP) is 3.53. The number of benzene rings is 1. The number of morpholine rings is 1. The van der Waals surface area contributed by atoms with Gasteiger partial charge in [-0.2, -0.15) is 0 Å². The first-order valence-corrected chi connectivity index (χ1v) is 8.64. The van der Waals surface area contributed by atoms with Crippen molar-refractivity contribution in [3.05, 3.63) is 35.4 Å². The molecule has 1 aliphatic rings. The Labute approximate surface area is 152 Å². The van der Waals surface area contributed by atoms with E-state index in [-0.39, 0.29) is 18.1 Å². The van der Waals surface area contributed by atoms with E-state index in [4.69, 9.17) is 39.5 Å². The molecule has 1 aromatic rings. The predicted molar refractivity (Wildman–Crippen MR) is 94.3 cm³/mol. The third-order valence-corrected chi connectivity index (χ3v) is 4.29. The lowest BCUT2D eigenvalue weighted by atomic mass is 10.1. The Balaban J connectivity index is 2.17. The molecule has 0 aromatic heterocycles. The highest BCUT2D eigenvalue weighted by atomic mass is 35.6. The molecule has 23 heavy (non-hydrogen) atoms. The first-order chi connectivity index (χ1) is 10.7. The second-order valence-corrected chi connectivity index (χ2v) is 8.37. The molecule has 1 saturated heterocycles. The highest BCUT2D eigenvalue weighted by molar-refractivity contribution is 6.68. The van der Waals surface area contributed by atoms with Crippen LogP contribution in [0.15, 0.2) is 24.3 Å². The van der Waals surface area contributed by atoms with Crippen molar-refractivity contribution in [3.8, 4) is 0 Å². The van der Waals surface area contributed by atoms with E-state index in [1.165, 1.54) is 0 Å². The molecule has 3 unspecified atom stereocenters. The molecule has 0 saturated carbocycles. The monoisotopic (exact) mass is 378 g/mol. The third kappa shape index (κ3) is 5.23. The lowest BCUT2D eigenvalue weighted by Crippen LogP contribution is -2.60. The number of alkyl halides is 3. The lowest BCUT2D eigenvalue weighted by Gasteiger charge is -2.42. The molecule has 2 rings (SSSR count). The maximum atomic E-state index is 12.5. The maximum absolute atomic E-state index is 12.5. The van der Waals surface area contributed by atoms with Gasteiger partial charge in [0.25, 0.3) is 5.91 Å². The molecular weight excluding hydrogens is 359 g/mol. The van der Waals surface area contributed by atoms with Crippen LogP contribution in [0.4, 0.5) is 0 Å². The molecule has 1 aromatic carbocycles. The number of ether oxygens (including phenoxy) is 1. The zero-order chi connectivity index (χ0) is 17.2. The molecule has 1 fully saturated rings. The van der Waals surface area contributed by atoms with Crippen molar-refractivity contribution >= 4 is 40.7 Å². The first-order valence-electron chi connectivity index (χ1n) is 7.50. The van der Waals surface area contributed by atoms with Crippen molar-refractivity contribution in [2.45, 2.75) is 42.9 Å². The summed E-state index contributed by atoms with van der Waals surface area (Å²) in [5.74, 6) is -0.267. The van der Waals surface area contributed by atoms with Crippen LogP contribution in [0.25, 0.3) is 0 Å². The van der Waals surface area contributed by atoms with Gasteiger partial charge in [-0.05, 0) is 32.9 Å². The zero-order valence-electron chi connectivity index (χ0n) is 13.4. The Morgan fingerprint density at radius 3 is 2.43 bits per heavy atom. The Morgan fingerprint density at radius 2 is 1.91 bits per heavy atom. The van der Waals surface area contributed by atoms with Crippen LogP contribution in [0, 0.1) is 6.92 Å². The van der Waals surface area contributed by atoms with Gasteiger partial charge in [-0.3, -0.25) is 9.69 Å². The Morgan fingerprint density at radius 1 is 1.30 bits per heavy atom. The smallest absolute Gasteiger partial charge is 0.252 e. The topological polar surface area (TPSA) is 41.6 Å². The van der Waals surface area contributed by atoms with Crippen LogP contribution in [0.1, 0.15) is 29.8 Å². The van der Waals surface area contributed by atoms with Gasteiger partial charge in [0.15, 0.2) is 0 Å². The molecule has 128 valence electrons. The average Bonchev–Trinajstić information content (AvgIpc) is 2.42. The number of carbonyl (C=O) groups excluding carboxylic acids is 1. The van der Waals surface area contributed by atoms with Crippen LogP contribution in [-0.2, 0) is 4.74 Å². The van der Waals surface area contributed by atoms with Gasteiger partial charge in [0.1, 0.15) is 6.17 Å². The van der Waals surface area contributed by atoms with Gasteiger partial charge in [0.05, 0.1) is 12.2 Å². The number of nitrogens with zero attached hydrogens (tertiary/aromatic N) is 1. The quantitative estimate of drug-likeness (QED) is 0.817.